The average Bonchev–Trinajstić information content (AvgIpc) is 3.27. The number of carbonyl (C=O) groups is 1. The van der Waals surface area contributed by atoms with Gasteiger partial charge in [0, 0.05) is 31.7 Å². The fourth-order valence-electron chi connectivity index (χ4n) is 5.07. The fraction of sp³-hybridized carbons (Fsp3) is 0.650. The lowest BCUT2D eigenvalue weighted by Gasteiger charge is -2.21. The Bertz CT molecular complexity index is 571. The van der Waals surface area contributed by atoms with Crippen molar-refractivity contribution in [3.05, 3.63) is 29.8 Å². The Morgan fingerprint density at radius 2 is 2.13 bits per heavy atom. The summed E-state index contributed by atoms with van der Waals surface area (Å²) in [7, 11) is 0. The monoisotopic (exact) mass is 312 g/mol. The number of para-hydroxylation sites is 1. The lowest BCUT2D eigenvalue weighted by molar-refractivity contribution is -0.122. The summed E-state index contributed by atoms with van der Waals surface area (Å²) < 4.78 is 0. The molecule has 4 rings (SSSR count). The number of hydrogen-bond donors (Lipinski definition) is 1. The topological polar surface area (TPSA) is 32.3 Å². The normalized spacial score (nSPS) is 28.2. The van der Waals surface area contributed by atoms with E-state index in [4.69, 9.17) is 0 Å². The predicted molar refractivity (Wildman–Crippen MR) is 93.5 cm³/mol. The van der Waals surface area contributed by atoms with Gasteiger partial charge in [-0.2, -0.15) is 0 Å². The SMILES string of the molecule is O=C(C[C@@H]1C[C@H]2CC[C@H]1C2)NCCCN1CCc2ccccc21. The summed E-state index contributed by atoms with van der Waals surface area (Å²) >= 11 is 0. The van der Waals surface area contributed by atoms with Gasteiger partial charge in [0.15, 0.2) is 0 Å². The van der Waals surface area contributed by atoms with Crippen LogP contribution in [0.2, 0.25) is 0 Å². The zero-order valence-corrected chi connectivity index (χ0v) is 14.0. The molecule has 1 aromatic rings. The van der Waals surface area contributed by atoms with Gasteiger partial charge < -0.3 is 10.2 Å². The molecule has 0 saturated heterocycles. The minimum atomic E-state index is 0.282. The van der Waals surface area contributed by atoms with Crippen molar-refractivity contribution < 1.29 is 4.79 Å². The minimum Gasteiger partial charge on any atom is -0.371 e. The van der Waals surface area contributed by atoms with E-state index in [1.807, 2.05) is 0 Å². The van der Waals surface area contributed by atoms with Crippen LogP contribution in [0.5, 0.6) is 0 Å². The Labute approximate surface area is 139 Å². The Balaban J connectivity index is 1.16. The maximum Gasteiger partial charge on any atom is 0.220 e. The summed E-state index contributed by atoms with van der Waals surface area (Å²) in [4.78, 5) is 14.6. The maximum absolute atomic E-state index is 12.1. The van der Waals surface area contributed by atoms with Crippen molar-refractivity contribution in [2.45, 2.75) is 44.9 Å². The van der Waals surface area contributed by atoms with Crippen molar-refractivity contribution in [1.82, 2.24) is 5.32 Å². The molecule has 3 heteroatoms. The smallest absolute Gasteiger partial charge is 0.220 e. The van der Waals surface area contributed by atoms with Gasteiger partial charge in [0.2, 0.25) is 5.91 Å². The third kappa shape index (κ3) is 3.24. The van der Waals surface area contributed by atoms with E-state index in [0.29, 0.717) is 5.92 Å². The summed E-state index contributed by atoms with van der Waals surface area (Å²) in [6.07, 6.45) is 8.46. The van der Waals surface area contributed by atoms with Crippen LogP contribution in [0.15, 0.2) is 24.3 Å². The number of fused-ring (bicyclic) bond motifs is 3. The highest BCUT2D eigenvalue weighted by Crippen LogP contribution is 2.49. The van der Waals surface area contributed by atoms with Crippen LogP contribution in [0.4, 0.5) is 5.69 Å². The Hall–Kier alpha value is -1.51. The first kappa shape index (κ1) is 15.0. The molecule has 1 aromatic carbocycles. The standard InChI is InChI=1S/C20H28N2O/c23-20(14-18-13-15-6-7-17(18)12-15)21-9-3-10-22-11-8-16-4-1-2-5-19(16)22/h1-2,4-5,15,17-18H,3,6-14H2,(H,21,23)/t15-,17-,18-/m0/s1. The summed E-state index contributed by atoms with van der Waals surface area (Å²) in [6.45, 7) is 2.99. The zero-order valence-electron chi connectivity index (χ0n) is 14.0. The van der Waals surface area contributed by atoms with Gasteiger partial charge in [-0.3, -0.25) is 4.79 Å². The molecule has 0 aromatic heterocycles. The second-order valence-corrected chi connectivity index (χ2v) is 7.71. The van der Waals surface area contributed by atoms with Gasteiger partial charge in [0.25, 0.3) is 0 Å². The molecule has 2 aliphatic carbocycles. The van der Waals surface area contributed by atoms with E-state index in [0.717, 1.165) is 50.7 Å². The fourth-order valence-corrected chi connectivity index (χ4v) is 5.07. The maximum atomic E-state index is 12.1. The molecule has 23 heavy (non-hydrogen) atoms. The molecule has 1 amide bonds. The van der Waals surface area contributed by atoms with E-state index >= 15 is 0 Å². The van der Waals surface area contributed by atoms with Crippen molar-refractivity contribution in [2.75, 3.05) is 24.5 Å². The lowest BCUT2D eigenvalue weighted by atomic mass is 9.86. The number of nitrogens with zero attached hydrogens (tertiary/aromatic N) is 1. The molecule has 0 unspecified atom stereocenters. The second-order valence-electron chi connectivity index (χ2n) is 7.71. The number of rotatable bonds is 6. The molecule has 124 valence electrons. The third-order valence-electron chi connectivity index (χ3n) is 6.24. The number of amides is 1. The van der Waals surface area contributed by atoms with Crippen molar-refractivity contribution in [3.63, 3.8) is 0 Å². The number of hydrogen-bond acceptors (Lipinski definition) is 2. The van der Waals surface area contributed by atoms with Crippen LogP contribution in [-0.2, 0) is 11.2 Å². The highest BCUT2D eigenvalue weighted by Gasteiger charge is 2.39. The summed E-state index contributed by atoms with van der Waals surface area (Å²) in [6, 6.07) is 8.69. The number of nitrogens with one attached hydrogen (secondary N) is 1. The van der Waals surface area contributed by atoms with Gasteiger partial charge in [0.05, 0.1) is 0 Å². The molecule has 2 saturated carbocycles. The Morgan fingerprint density at radius 1 is 1.22 bits per heavy atom. The van der Waals surface area contributed by atoms with E-state index in [9.17, 15) is 4.79 Å². The number of anilines is 1. The molecule has 2 fully saturated rings. The minimum absolute atomic E-state index is 0.282. The van der Waals surface area contributed by atoms with Gasteiger partial charge in [-0.15, -0.1) is 0 Å². The van der Waals surface area contributed by atoms with Crippen molar-refractivity contribution >= 4 is 11.6 Å². The van der Waals surface area contributed by atoms with Crippen molar-refractivity contribution in [1.29, 1.82) is 0 Å². The van der Waals surface area contributed by atoms with Crippen LogP contribution in [-0.4, -0.2) is 25.5 Å². The molecule has 3 nitrogen and oxygen atoms in total. The van der Waals surface area contributed by atoms with Crippen LogP contribution in [0.1, 0.15) is 44.1 Å². The first-order chi connectivity index (χ1) is 11.3. The second kappa shape index (κ2) is 6.54. The number of benzene rings is 1. The molecular formula is C20H28N2O. The lowest BCUT2D eigenvalue weighted by Crippen LogP contribution is -2.31. The van der Waals surface area contributed by atoms with Gasteiger partial charge in [-0.05, 0) is 61.5 Å². The van der Waals surface area contributed by atoms with E-state index in [1.165, 1.54) is 36.9 Å². The molecular weight excluding hydrogens is 284 g/mol. The van der Waals surface area contributed by atoms with E-state index in [2.05, 4.69) is 34.5 Å². The summed E-state index contributed by atoms with van der Waals surface area (Å²) in [5, 5.41) is 3.15. The molecule has 0 spiro atoms. The van der Waals surface area contributed by atoms with Gasteiger partial charge in [-0.25, -0.2) is 0 Å². The molecule has 3 atom stereocenters. The summed E-state index contributed by atoms with van der Waals surface area (Å²) in [5.74, 6) is 2.75. The largest absolute Gasteiger partial charge is 0.371 e. The van der Waals surface area contributed by atoms with Gasteiger partial charge in [-0.1, -0.05) is 24.6 Å². The summed E-state index contributed by atoms with van der Waals surface area (Å²) in [5.41, 5.74) is 2.86. The van der Waals surface area contributed by atoms with Crippen LogP contribution < -0.4 is 10.2 Å². The molecule has 2 bridgehead atoms. The Kier molecular flexibility index (Phi) is 4.28. The van der Waals surface area contributed by atoms with Crippen LogP contribution in [0.3, 0.4) is 0 Å². The molecule has 0 radical (unpaired) electrons. The van der Waals surface area contributed by atoms with Crippen LogP contribution >= 0.6 is 0 Å². The first-order valence-corrected chi connectivity index (χ1v) is 9.39. The van der Waals surface area contributed by atoms with E-state index in [1.54, 1.807) is 0 Å². The quantitative estimate of drug-likeness (QED) is 0.817. The van der Waals surface area contributed by atoms with Crippen LogP contribution in [0, 0.1) is 17.8 Å². The molecule has 1 N–H and O–H groups in total. The molecule has 3 aliphatic rings. The Morgan fingerprint density at radius 3 is 2.96 bits per heavy atom. The molecule has 1 aliphatic heterocycles. The van der Waals surface area contributed by atoms with Crippen LogP contribution in [0.25, 0.3) is 0 Å². The van der Waals surface area contributed by atoms with E-state index < -0.39 is 0 Å². The predicted octanol–water partition coefficient (Wildman–Crippen LogP) is 3.38. The average molecular weight is 312 g/mol. The third-order valence-corrected chi connectivity index (χ3v) is 6.24. The van der Waals surface area contributed by atoms with Crippen molar-refractivity contribution in [3.8, 4) is 0 Å². The highest BCUT2D eigenvalue weighted by atomic mass is 16.1. The van der Waals surface area contributed by atoms with Gasteiger partial charge >= 0.3 is 0 Å². The van der Waals surface area contributed by atoms with Gasteiger partial charge in [0.1, 0.15) is 0 Å². The van der Waals surface area contributed by atoms with E-state index in [-0.39, 0.29) is 5.91 Å². The highest BCUT2D eigenvalue weighted by molar-refractivity contribution is 5.76. The molecule has 1 heterocycles. The number of carbonyl (C=O) groups excluding carboxylic acids is 1. The van der Waals surface area contributed by atoms with Crippen molar-refractivity contribution in [2.24, 2.45) is 17.8 Å². The zero-order chi connectivity index (χ0) is 15.6. The first-order valence-electron chi connectivity index (χ1n) is 9.39.